The van der Waals surface area contributed by atoms with Crippen LogP contribution >= 0.6 is 0 Å². The molecule has 0 saturated heterocycles. The minimum absolute atomic E-state index is 0.0150. The molecule has 1 aliphatic heterocycles. The van der Waals surface area contributed by atoms with Crippen LogP contribution in [-0.4, -0.2) is 55.6 Å². The highest BCUT2D eigenvalue weighted by Crippen LogP contribution is 2.43. The minimum atomic E-state index is -4.74. The summed E-state index contributed by atoms with van der Waals surface area (Å²) in [5.41, 5.74) is 5.20. The van der Waals surface area contributed by atoms with Gasteiger partial charge in [-0.3, -0.25) is 9.59 Å². The van der Waals surface area contributed by atoms with Crippen molar-refractivity contribution in [3.05, 3.63) is 46.6 Å². The van der Waals surface area contributed by atoms with Gasteiger partial charge < -0.3 is 21.1 Å². The van der Waals surface area contributed by atoms with E-state index in [4.69, 9.17) is 10.8 Å². The van der Waals surface area contributed by atoms with E-state index >= 15 is 0 Å². The highest BCUT2D eigenvalue weighted by Gasteiger charge is 2.44. The molecule has 3 aromatic rings. The third kappa shape index (κ3) is 3.97. The van der Waals surface area contributed by atoms with E-state index in [0.717, 1.165) is 18.9 Å². The van der Waals surface area contributed by atoms with E-state index < -0.39 is 23.6 Å². The summed E-state index contributed by atoms with van der Waals surface area (Å²) in [7, 11) is 0. The summed E-state index contributed by atoms with van der Waals surface area (Å²) in [5, 5.41) is 15.5. The summed E-state index contributed by atoms with van der Waals surface area (Å²) in [4.78, 5) is 31.4. The Labute approximate surface area is 197 Å². The molecule has 0 spiro atoms. The van der Waals surface area contributed by atoms with Crippen molar-refractivity contribution in [2.75, 3.05) is 18.9 Å². The number of nitrogens with one attached hydrogen (secondary N) is 1. The van der Waals surface area contributed by atoms with Gasteiger partial charge in [0.15, 0.2) is 11.5 Å². The zero-order valence-corrected chi connectivity index (χ0v) is 18.8. The van der Waals surface area contributed by atoms with E-state index in [-0.39, 0.29) is 59.6 Å². The van der Waals surface area contributed by atoms with E-state index in [1.807, 2.05) is 6.92 Å². The van der Waals surface area contributed by atoms with Crippen LogP contribution in [-0.2, 0) is 12.7 Å². The van der Waals surface area contributed by atoms with E-state index in [1.54, 1.807) is 6.07 Å². The van der Waals surface area contributed by atoms with Gasteiger partial charge in [-0.15, -0.1) is 5.10 Å². The monoisotopic (exact) mass is 488 g/mol. The molecule has 1 atom stereocenters. The summed E-state index contributed by atoms with van der Waals surface area (Å²) >= 11 is 0. The van der Waals surface area contributed by atoms with Crippen LogP contribution < -0.4 is 11.1 Å². The highest BCUT2D eigenvalue weighted by molar-refractivity contribution is 6.04. The summed E-state index contributed by atoms with van der Waals surface area (Å²) in [5.74, 6) is -1.01. The van der Waals surface area contributed by atoms with Crippen LogP contribution in [0.1, 0.15) is 51.6 Å². The van der Waals surface area contributed by atoms with Gasteiger partial charge in [0.1, 0.15) is 5.56 Å². The largest absolute Gasteiger partial charge is 0.417 e. The number of rotatable bonds is 6. The molecule has 1 aliphatic carbocycles. The fourth-order valence-electron chi connectivity index (χ4n) is 4.59. The standard InChI is InChI=1S/C23H23F3N6O3/c1-11(12-2-3-12)31-10-14-8-13(9-15(23(24,25)26)17(14)22(31)35)16-4-6-32-20(29-16)18(19(27)30-32)21(34)28-5-7-33/h4,6,8-9,11-12,33H,2-3,5,7,10H2,1H3,(H2,27,30)(H,28,34)/t11-/m0/s1. The summed E-state index contributed by atoms with van der Waals surface area (Å²) in [6.45, 7) is 1.67. The number of anilines is 1. The molecule has 0 radical (unpaired) electrons. The van der Waals surface area contributed by atoms with Crippen LogP contribution in [0.4, 0.5) is 19.0 Å². The highest BCUT2D eigenvalue weighted by atomic mass is 19.4. The molecule has 12 heteroatoms. The molecular formula is C23H23F3N6O3. The van der Waals surface area contributed by atoms with Crippen LogP contribution in [0.15, 0.2) is 24.4 Å². The topological polar surface area (TPSA) is 126 Å². The second-order valence-electron chi connectivity index (χ2n) is 8.89. The number of halogens is 3. The first-order valence-corrected chi connectivity index (χ1v) is 11.2. The van der Waals surface area contributed by atoms with Crippen LogP contribution in [0.2, 0.25) is 0 Å². The molecular weight excluding hydrogens is 465 g/mol. The maximum absolute atomic E-state index is 14.1. The Kier molecular flexibility index (Phi) is 5.42. The lowest BCUT2D eigenvalue weighted by atomic mass is 9.97. The smallest absolute Gasteiger partial charge is 0.395 e. The Morgan fingerprint density at radius 1 is 1.34 bits per heavy atom. The van der Waals surface area contributed by atoms with Gasteiger partial charge in [-0.25, -0.2) is 9.50 Å². The summed E-state index contributed by atoms with van der Waals surface area (Å²) < 4.78 is 43.4. The fraction of sp³-hybridized carbons (Fsp3) is 0.391. The van der Waals surface area contributed by atoms with E-state index in [0.29, 0.717) is 11.5 Å². The van der Waals surface area contributed by atoms with Gasteiger partial charge in [0.25, 0.3) is 11.8 Å². The third-order valence-corrected chi connectivity index (χ3v) is 6.57. The van der Waals surface area contributed by atoms with Gasteiger partial charge in [-0.1, -0.05) is 0 Å². The number of nitrogen functional groups attached to an aromatic ring is 1. The quantitative estimate of drug-likeness (QED) is 0.490. The number of hydrogen-bond donors (Lipinski definition) is 3. The van der Waals surface area contributed by atoms with Gasteiger partial charge in [-0.05, 0) is 49.4 Å². The first kappa shape index (κ1) is 23.1. The van der Waals surface area contributed by atoms with Gasteiger partial charge >= 0.3 is 6.18 Å². The van der Waals surface area contributed by atoms with Gasteiger partial charge in [-0.2, -0.15) is 13.2 Å². The SMILES string of the molecule is C[C@@H](C1CC1)N1Cc2cc(-c3ccn4nc(N)c(C(=O)NCCO)c4n3)cc(C(F)(F)F)c2C1=O. The van der Waals surface area contributed by atoms with Crippen molar-refractivity contribution in [3.8, 4) is 11.3 Å². The lowest BCUT2D eigenvalue weighted by Crippen LogP contribution is -2.35. The lowest BCUT2D eigenvalue weighted by molar-refractivity contribution is -0.137. The maximum atomic E-state index is 14.1. The molecule has 4 N–H and O–H groups in total. The average Bonchev–Trinajstić information content (AvgIpc) is 3.53. The van der Waals surface area contributed by atoms with E-state index in [9.17, 15) is 22.8 Å². The van der Waals surface area contributed by atoms with Crippen molar-refractivity contribution < 1.29 is 27.9 Å². The summed E-state index contributed by atoms with van der Waals surface area (Å²) in [6.07, 6.45) is -1.37. The zero-order valence-electron chi connectivity index (χ0n) is 18.8. The molecule has 5 rings (SSSR count). The fourth-order valence-corrected chi connectivity index (χ4v) is 4.59. The Bertz CT molecular complexity index is 1350. The van der Waals surface area contributed by atoms with Crippen molar-refractivity contribution >= 4 is 23.3 Å². The molecule has 0 bridgehead atoms. The average molecular weight is 488 g/mol. The van der Waals surface area contributed by atoms with Gasteiger partial charge in [0, 0.05) is 30.9 Å². The number of benzene rings is 1. The second-order valence-corrected chi connectivity index (χ2v) is 8.89. The van der Waals surface area contributed by atoms with Gasteiger partial charge in [0.2, 0.25) is 0 Å². The minimum Gasteiger partial charge on any atom is -0.395 e. The predicted molar refractivity (Wildman–Crippen MR) is 119 cm³/mol. The molecule has 2 aromatic heterocycles. The van der Waals surface area contributed by atoms with Crippen molar-refractivity contribution in [2.45, 2.75) is 38.5 Å². The normalized spacial score (nSPS) is 16.6. The van der Waals surface area contributed by atoms with Crippen molar-refractivity contribution in [1.82, 2.24) is 24.8 Å². The number of nitrogens with zero attached hydrogens (tertiary/aromatic N) is 4. The van der Waals surface area contributed by atoms with E-state index in [2.05, 4.69) is 15.4 Å². The van der Waals surface area contributed by atoms with Crippen molar-refractivity contribution in [3.63, 3.8) is 0 Å². The van der Waals surface area contributed by atoms with Crippen LogP contribution in [0.3, 0.4) is 0 Å². The number of nitrogens with two attached hydrogens (primary N) is 1. The summed E-state index contributed by atoms with van der Waals surface area (Å²) in [6, 6.07) is 3.81. The Morgan fingerprint density at radius 2 is 2.09 bits per heavy atom. The van der Waals surface area contributed by atoms with Crippen LogP contribution in [0.5, 0.6) is 0 Å². The molecule has 1 saturated carbocycles. The number of fused-ring (bicyclic) bond motifs is 2. The molecule has 1 fully saturated rings. The van der Waals surface area contributed by atoms with Gasteiger partial charge in [0.05, 0.1) is 23.4 Å². The molecule has 2 amide bonds. The number of amides is 2. The number of aromatic nitrogens is 3. The van der Waals surface area contributed by atoms with Crippen molar-refractivity contribution in [1.29, 1.82) is 0 Å². The third-order valence-electron chi connectivity index (χ3n) is 6.57. The Hall–Kier alpha value is -3.67. The maximum Gasteiger partial charge on any atom is 0.417 e. The number of hydrogen-bond acceptors (Lipinski definition) is 6. The number of carbonyl (C=O) groups is 2. The second kappa shape index (κ2) is 8.22. The Balaban J connectivity index is 1.60. The number of carbonyl (C=O) groups excluding carboxylic acids is 2. The molecule has 2 aliphatic rings. The number of alkyl halides is 3. The molecule has 1 aromatic carbocycles. The first-order chi connectivity index (χ1) is 16.6. The van der Waals surface area contributed by atoms with E-state index in [1.165, 1.54) is 21.7 Å². The first-order valence-electron chi connectivity index (χ1n) is 11.2. The molecule has 9 nitrogen and oxygen atoms in total. The van der Waals surface area contributed by atoms with Crippen LogP contribution in [0.25, 0.3) is 16.9 Å². The molecule has 184 valence electrons. The predicted octanol–water partition coefficient (Wildman–Crippen LogP) is 2.47. The number of aliphatic hydroxyl groups is 1. The number of aliphatic hydroxyl groups excluding tert-OH is 1. The lowest BCUT2D eigenvalue weighted by Gasteiger charge is -2.24. The molecule has 35 heavy (non-hydrogen) atoms. The van der Waals surface area contributed by atoms with Crippen LogP contribution in [0, 0.1) is 5.92 Å². The molecule has 3 heterocycles. The molecule has 0 unspecified atom stereocenters. The van der Waals surface area contributed by atoms with Crippen molar-refractivity contribution in [2.24, 2.45) is 5.92 Å². The zero-order chi connectivity index (χ0) is 25.1. The Morgan fingerprint density at radius 3 is 2.74 bits per heavy atom.